The Bertz CT molecular complexity index is 1520. The van der Waals surface area contributed by atoms with Crippen molar-refractivity contribution in [3.8, 4) is 0 Å². The molecule has 6 heteroatoms. The summed E-state index contributed by atoms with van der Waals surface area (Å²) in [6.07, 6.45) is 85.1. The summed E-state index contributed by atoms with van der Waals surface area (Å²) < 4.78 is 16.9. The van der Waals surface area contributed by atoms with Crippen molar-refractivity contribution in [2.75, 3.05) is 13.2 Å². The predicted octanol–water partition coefficient (Wildman–Crippen LogP) is 21.4. The first kappa shape index (κ1) is 71.1. The van der Waals surface area contributed by atoms with E-state index in [1.54, 1.807) is 0 Å². The smallest absolute Gasteiger partial charge is 0.306 e. The molecule has 0 radical (unpaired) electrons. The van der Waals surface area contributed by atoms with Gasteiger partial charge in [0.15, 0.2) is 6.10 Å². The molecule has 0 amide bonds. The van der Waals surface area contributed by atoms with E-state index in [0.29, 0.717) is 12.8 Å². The molecular weight excluding hydrogens is 925 g/mol. The van der Waals surface area contributed by atoms with E-state index in [-0.39, 0.29) is 37.5 Å². The highest BCUT2D eigenvalue weighted by Gasteiger charge is 2.19. The second-order valence-electron chi connectivity index (χ2n) is 20.6. The maximum atomic E-state index is 12.9. The van der Waals surface area contributed by atoms with Crippen LogP contribution in [0.5, 0.6) is 0 Å². The van der Waals surface area contributed by atoms with E-state index >= 15 is 0 Å². The molecule has 0 aromatic heterocycles. The van der Waals surface area contributed by atoms with Crippen molar-refractivity contribution in [2.45, 2.75) is 297 Å². The summed E-state index contributed by atoms with van der Waals surface area (Å²) in [5.74, 6) is -0.958. The predicted molar refractivity (Wildman–Crippen MR) is 325 cm³/mol. The lowest BCUT2D eigenvalue weighted by atomic mass is 10.0. The van der Waals surface area contributed by atoms with Gasteiger partial charge in [0, 0.05) is 19.3 Å². The molecular formula is C69H116O6. The monoisotopic (exact) mass is 1040 g/mol. The third-order valence-electron chi connectivity index (χ3n) is 13.3. The normalized spacial score (nSPS) is 12.8. The number of rotatable bonds is 56. The SMILES string of the molecule is CC/C=C/C/C=C/C/C=C/C/C=C/C/C=C/CCCCCC(=O)OC[C@@H](COC(=O)CCCCCCCCCCCCCCCCCCCCC)OC(=O)CCCCC/C=C/C/C=C/C/C=C/C/C=C/CCCCC. The van der Waals surface area contributed by atoms with Crippen LogP contribution >= 0.6 is 0 Å². The third kappa shape index (κ3) is 60.8. The average molecular weight is 1040 g/mol. The van der Waals surface area contributed by atoms with Crippen LogP contribution in [0.3, 0.4) is 0 Å². The van der Waals surface area contributed by atoms with Gasteiger partial charge in [-0.25, -0.2) is 0 Å². The Morgan fingerprint density at radius 3 is 0.840 bits per heavy atom. The van der Waals surface area contributed by atoms with E-state index < -0.39 is 6.10 Å². The molecule has 0 saturated heterocycles. The summed E-state index contributed by atoms with van der Waals surface area (Å²) in [5.41, 5.74) is 0. The highest BCUT2D eigenvalue weighted by Crippen LogP contribution is 2.16. The molecule has 6 nitrogen and oxygen atoms in total. The minimum absolute atomic E-state index is 0.101. The first-order chi connectivity index (χ1) is 37.0. The molecule has 0 spiro atoms. The standard InChI is InChI=1S/C69H116O6/c1-4-7-10-13-16-19-22-25-28-31-34-37-40-43-46-49-52-55-58-61-67(70)73-64-66(75-69(72)63-60-57-54-51-48-45-42-39-36-33-30-27-24-21-18-15-12-9-6-3)65-74-68(71)62-59-56-53-50-47-44-41-38-35-32-29-26-23-20-17-14-11-8-5-2/h7,10,16,18-19,21,25,27-28,30,34,36-37,39,43,45-46,48,66H,4-6,8-9,11-15,17,20,22-24,26,29,31-33,35,38,40-42,44,47,49-65H2,1-3H3/b10-7+,19-16+,21-18+,28-25+,30-27+,37-34+,39-36+,46-43+,48-45+/t66-/m0/s1. The van der Waals surface area contributed by atoms with Gasteiger partial charge in [0.25, 0.3) is 0 Å². The molecule has 0 aliphatic rings. The molecule has 428 valence electrons. The lowest BCUT2D eigenvalue weighted by molar-refractivity contribution is -0.167. The fraction of sp³-hybridized carbons (Fsp3) is 0.696. The number of hydrogen-bond acceptors (Lipinski definition) is 6. The lowest BCUT2D eigenvalue weighted by Crippen LogP contribution is -2.30. The quantitative estimate of drug-likeness (QED) is 0.0261. The average Bonchev–Trinajstić information content (AvgIpc) is 3.41. The van der Waals surface area contributed by atoms with Gasteiger partial charge >= 0.3 is 17.9 Å². The Kier molecular flexibility index (Phi) is 59.3. The largest absolute Gasteiger partial charge is 0.462 e. The van der Waals surface area contributed by atoms with Crippen LogP contribution in [0.15, 0.2) is 109 Å². The van der Waals surface area contributed by atoms with Gasteiger partial charge in [0.1, 0.15) is 13.2 Å². The summed E-state index contributed by atoms with van der Waals surface area (Å²) in [7, 11) is 0. The molecule has 1 atom stereocenters. The van der Waals surface area contributed by atoms with E-state index in [9.17, 15) is 14.4 Å². The molecule has 0 heterocycles. The molecule has 75 heavy (non-hydrogen) atoms. The summed E-state index contributed by atoms with van der Waals surface area (Å²) in [6.45, 7) is 6.47. The van der Waals surface area contributed by atoms with Crippen LogP contribution in [0, 0.1) is 0 Å². The Balaban J connectivity index is 4.50. The molecule has 0 saturated carbocycles. The van der Waals surface area contributed by atoms with Crippen molar-refractivity contribution in [2.24, 2.45) is 0 Å². The number of hydrogen-bond donors (Lipinski definition) is 0. The number of carbonyl (C=O) groups excluding carboxylic acids is 3. The summed E-state index contributed by atoms with van der Waals surface area (Å²) in [6, 6.07) is 0. The second kappa shape index (κ2) is 62.6. The number of unbranched alkanes of at least 4 members (excludes halogenated alkanes) is 27. The lowest BCUT2D eigenvalue weighted by Gasteiger charge is -2.18. The first-order valence-corrected chi connectivity index (χ1v) is 31.4. The molecule has 0 aromatic rings. The Labute approximate surface area is 463 Å². The Morgan fingerprint density at radius 2 is 0.520 bits per heavy atom. The van der Waals surface area contributed by atoms with E-state index in [1.807, 2.05) is 0 Å². The van der Waals surface area contributed by atoms with Gasteiger partial charge < -0.3 is 14.2 Å². The van der Waals surface area contributed by atoms with Gasteiger partial charge in [0.05, 0.1) is 0 Å². The minimum atomic E-state index is -0.811. The molecule has 0 aliphatic carbocycles. The molecule has 0 N–H and O–H groups in total. The molecule has 0 rings (SSSR count). The number of ether oxygens (including phenoxy) is 3. The van der Waals surface area contributed by atoms with Crippen LogP contribution in [-0.2, 0) is 28.6 Å². The van der Waals surface area contributed by atoms with Gasteiger partial charge in [-0.3, -0.25) is 14.4 Å². The van der Waals surface area contributed by atoms with Gasteiger partial charge in [-0.1, -0.05) is 271 Å². The highest BCUT2D eigenvalue weighted by atomic mass is 16.6. The zero-order valence-corrected chi connectivity index (χ0v) is 49.0. The van der Waals surface area contributed by atoms with Crippen molar-refractivity contribution in [1.29, 1.82) is 0 Å². The molecule has 0 aromatic carbocycles. The maximum Gasteiger partial charge on any atom is 0.306 e. The van der Waals surface area contributed by atoms with Crippen LogP contribution in [0.4, 0.5) is 0 Å². The summed E-state index contributed by atoms with van der Waals surface area (Å²) >= 11 is 0. The van der Waals surface area contributed by atoms with Gasteiger partial charge in [-0.2, -0.15) is 0 Å². The van der Waals surface area contributed by atoms with Crippen LogP contribution < -0.4 is 0 Å². The van der Waals surface area contributed by atoms with Gasteiger partial charge in [-0.15, -0.1) is 0 Å². The fourth-order valence-electron chi connectivity index (χ4n) is 8.57. The van der Waals surface area contributed by atoms with Crippen LogP contribution in [0.1, 0.15) is 290 Å². The third-order valence-corrected chi connectivity index (χ3v) is 13.3. The molecule has 0 unspecified atom stereocenters. The zero-order chi connectivity index (χ0) is 54.3. The van der Waals surface area contributed by atoms with Gasteiger partial charge in [0.2, 0.25) is 0 Å². The Morgan fingerprint density at radius 1 is 0.280 bits per heavy atom. The maximum absolute atomic E-state index is 12.9. The fourth-order valence-corrected chi connectivity index (χ4v) is 8.57. The van der Waals surface area contributed by atoms with Crippen molar-refractivity contribution in [3.63, 3.8) is 0 Å². The van der Waals surface area contributed by atoms with E-state index in [4.69, 9.17) is 14.2 Å². The zero-order valence-electron chi connectivity index (χ0n) is 49.0. The van der Waals surface area contributed by atoms with Crippen LogP contribution in [-0.4, -0.2) is 37.2 Å². The molecule has 0 aliphatic heterocycles. The van der Waals surface area contributed by atoms with Crippen molar-refractivity contribution < 1.29 is 28.6 Å². The molecule has 0 bridgehead atoms. The number of allylic oxidation sites excluding steroid dienone is 18. The van der Waals surface area contributed by atoms with Crippen LogP contribution in [0.25, 0.3) is 0 Å². The van der Waals surface area contributed by atoms with Crippen molar-refractivity contribution in [3.05, 3.63) is 109 Å². The van der Waals surface area contributed by atoms with E-state index in [0.717, 1.165) is 122 Å². The first-order valence-electron chi connectivity index (χ1n) is 31.4. The number of carbonyl (C=O) groups is 3. The van der Waals surface area contributed by atoms with Crippen LogP contribution in [0.2, 0.25) is 0 Å². The van der Waals surface area contributed by atoms with E-state index in [1.165, 1.54) is 128 Å². The van der Waals surface area contributed by atoms with Crippen molar-refractivity contribution in [1.82, 2.24) is 0 Å². The topological polar surface area (TPSA) is 78.9 Å². The van der Waals surface area contributed by atoms with Gasteiger partial charge in [-0.05, 0) is 109 Å². The molecule has 0 fully saturated rings. The van der Waals surface area contributed by atoms with Crippen molar-refractivity contribution >= 4 is 17.9 Å². The number of esters is 3. The second-order valence-corrected chi connectivity index (χ2v) is 20.6. The highest BCUT2D eigenvalue weighted by molar-refractivity contribution is 5.71. The van der Waals surface area contributed by atoms with E-state index in [2.05, 4.69) is 130 Å². The minimum Gasteiger partial charge on any atom is -0.462 e. The Hall–Kier alpha value is -3.93. The summed E-state index contributed by atoms with van der Waals surface area (Å²) in [5, 5.41) is 0. The summed E-state index contributed by atoms with van der Waals surface area (Å²) in [4.78, 5) is 38.3.